The van der Waals surface area contributed by atoms with E-state index in [0.29, 0.717) is 19.3 Å². The topological polar surface area (TPSA) is 55.4 Å². The molecule has 28 heavy (non-hydrogen) atoms. The van der Waals surface area contributed by atoms with Gasteiger partial charge in [0.15, 0.2) is 0 Å². The molecule has 1 aliphatic carbocycles. The van der Waals surface area contributed by atoms with Crippen LogP contribution in [0.15, 0.2) is 0 Å². The van der Waals surface area contributed by atoms with Gasteiger partial charge in [0.2, 0.25) is 5.91 Å². The van der Waals surface area contributed by atoms with Crippen molar-refractivity contribution in [2.75, 3.05) is 7.11 Å². The second-order valence-electron chi connectivity index (χ2n) is 8.68. The number of ether oxygens (including phenoxy) is 1. The standard InChI is InChI=1S/C24H45NO3/c1-3-4-5-6-7-8-9-10-11-12-13-14-16-19-22(26)25-24(23(27)28-2)20-17-15-18-21-24/h3-21H2,1-2H3,(H,25,26). The van der Waals surface area contributed by atoms with Gasteiger partial charge in [-0.25, -0.2) is 4.79 Å². The molecule has 0 radical (unpaired) electrons. The highest BCUT2D eigenvalue weighted by molar-refractivity contribution is 5.88. The third-order valence-electron chi connectivity index (χ3n) is 6.17. The van der Waals surface area contributed by atoms with Crippen molar-refractivity contribution in [2.24, 2.45) is 0 Å². The van der Waals surface area contributed by atoms with Crippen molar-refractivity contribution >= 4 is 11.9 Å². The molecule has 1 aliphatic rings. The first kappa shape index (κ1) is 25.0. The number of rotatable bonds is 16. The van der Waals surface area contributed by atoms with Gasteiger partial charge >= 0.3 is 5.97 Å². The maximum atomic E-state index is 12.3. The Morgan fingerprint density at radius 3 is 1.68 bits per heavy atom. The van der Waals surface area contributed by atoms with Crippen molar-refractivity contribution in [3.05, 3.63) is 0 Å². The Morgan fingerprint density at radius 1 is 0.750 bits per heavy atom. The Balaban J connectivity index is 2.01. The summed E-state index contributed by atoms with van der Waals surface area (Å²) in [5.41, 5.74) is -0.763. The molecule has 1 rings (SSSR count). The summed E-state index contributed by atoms with van der Waals surface area (Å²) in [6.45, 7) is 2.27. The van der Waals surface area contributed by atoms with Crippen LogP contribution in [-0.4, -0.2) is 24.5 Å². The van der Waals surface area contributed by atoms with Gasteiger partial charge in [-0.2, -0.15) is 0 Å². The van der Waals surface area contributed by atoms with Crippen molar-refractivity contribution in [3.8, 4) is 0 Å². The van der Waals surface area contributed by atoms with E-state index >= 15 is 0 Å². The smallest absolute Gasteiger partial charge is 0.331 e. The second-order valence-corrected chi connectivity index (χ2v) is 8.68. The molecule has 0 aromatic rings. The zero-order chi connectivity index (χ0) is 20.5. The molecule has 0 saturated heterocycles. The van der Waals surface area contributed by atoms with Crippen LogP contribution in [0.5, 0.6) is 0 Å². The van der Waals surface area contributed by atoms with Gasteiger partial charge in [-0.15, -0.1) is 0 Å². The predicted molar refractivity (Wildman–Crippen MR) is 116 cm³/mol. The van der Waals surface area contributed by atoms with E-state index in [-0.39, 0.29) is 11.9 Å². The molecule has 1 amide bonds. The second kappa shape index (κ2) is 15.8. The highest BCUT2D eigenvalue weighted by atomic mass is 16.5. The third-order valence-corrected chi connectivity index (χ3v) is 6.17. The number of unbranched alkanes of at least 4 members (excludes halogenated alkanes) is 12. The van der Waals surface area contributed by atoms with Gasteiger partial charge in [-0.3, -0.25) is 4.79 Å². The van der Waals surface area contributed by atoms with E-state index < -0.39 is 5.54 Å². The van der Waals surface area contributed by atoms with E-state index in [2.05, 4.69) is 12.2 Å². The monoisotopic (exact) mass is 395 g/mol. The van der Waals surface area contributed by atoms with Gasteiger partial charge < -0.3 is 10.1 Å². The summed E-state index contributed by atoms with van der Waals surface area (Å²) >= 11 is 0. The average Bonchev–Trinajstić information content (AvgIpc) is 2.71. The van der Waals surface area contributed by atoms with E-state index in [4.69, 9.17) is 4.74 Å². The molecule has 1 saturated carbocycles. The summed E-state index contributed by atoms with van der Waals surface area (Å²) in [6.07, 6.45) is 22.0. The van der Waals surface area contributed by atoms with Crippen molar-refractivity contribution in [3.63, 3.8) is 0 Å². The number of carbonyl (C=O) groups is 2. The highest BCUT2D eigenvalue weighted by Crippen LogP contribution is 2.29. The molecular formula is C24H45NO3. The molecule has 164 valence electrons. The maximum Gasteiger partial charge on any atom is 0.331 e. The Morgan fingerprint density at radius 2 is 1.21 bits per heavy atom. The van der Waals surface area contributed by atoms with Crippen LogP contribution in [-0.2, 0) is 14.3 Å². The lowest BCUT2D eigenvalue weighted by molar-refractivity contribution is -0.152. The zero-order valence-corrected chi connectivity index (χ0v) is 18.7. The van der Waals surface area contributed by atoms with Crippen molar-refractivity contribution in [2.45, 2.75) is 134 Å². The minimum absolute atomic E-state index is 0.00960. The number of hydrogen-bond acceptors (Lipinski definition) is 3. The molecule has 0 atom stereocenters. The third kappa shape index (κ3) is 10.5. The fourth-order valence-electron chi connectivity index (χ4n) is 4.36. The molecule has 0 aromatic carbocycles. The maximum absolute atomic E-state index is 12.3. The van der Waals surface area contributed by atoms with Crippen LogP contribution in [0.2, 0.25) is 0 Å². The molecule has 1 N–H and O–H groups in total. The van der Waals surface area contributed by atoms with Gasteiger partial charge in [0, 0.05) is 6.42 Å². The van der Waals surface area contributed by atoms with Crippen molar-refractivity contribution < 1.29 is 14.3 Å². The quantitative estimate of drug-likeness (QED) is 0.241. The fraction of sp³-hybridized carbons (Fsp3) is 0.917. The molecule has 0 bridgehead atoms. The van der Waals surface area contributed by atoms with Crippen LogP contribution in [0.1, 0.15) is 129 Å². The summed E-state index contributed by atoms with van der Waals surface area (Å²) in [5, 5.41) is 3.01. The Labute approximate surface area is 173 Å². The highest BCUT2D eigenvalue weighted by Gasteiger charge is 2.41. The number of nitrogens with one attached hydrogen (secondary N) is 1. The van der Waals surface area contributed by atoms with E-state index in [1.165, 1.54) is 77.7 Å². The molecule has 1 fully saturated rings. The Bertz CT molecular complexity index is 416. The SMILES string of the molecule is CCCCCCCCCCCCCCCC(=O)NC1(C(=O)OC)CCCCC1. The minimum Gasteiger partial charge on any atom is -0.467 e. The van der Waals surface area contributed by atoms with Crippen LogP contribution in [0.3, 0.4) is 0 Å². The zero-order valence-electron chi connectivity index (χ0n) is 18.7. The number of carbonyl (C=O) groups excluding carboxylic acids is 2. The molecule has 0 spiro atoms. The molecule has 0 aliphatic heterocycles. The fourth-order valence-corrected chi connectivity index (χ4v) is 4.36. The molecule has 4 heteroatoms. The van der Waals surface area contributed by atoms with E-state index in [1.807, 2.05) is 0 Å². The van der Waals surface area contributed by atoms with Crippen LogP contribution in [0.4, 0.5) is 0 Å². The first-order valence-electron chi connectivity index (χ1n) is 12.0. The largest absolute Gasteiger partial charge is 0.467 e. The summed E-state index contributed by atoms with van der Waals surface area (Å²) in [7, 11) is 1.41. The van der Waals surface area contributed by atoms with Crippen LogP contribution in [0.25, 0.3) is 0 Å². The van der Waals surface area contributed by atoms with Gasteiger partial charge in [0.1, 0.15) is 5.54 Å². The van der Waals surface area contributed by atoms with Crippen LogP contribution >= 0.6 is 0 Å². The van der Waals surface area contributed by atoms with Crippen molar-refractivity contribution in [1.82, 2.24) is 5.32 Å². The number of esters is 1. The lowest BCUT2D eigenvalue weighted by atomic mass is 9.81. The van der Waals surface area contributed by atoms with E-state index in [9.17, 15) is 9.59 Å². The van der Waals surface area contributed by atoms with Gasteiger partial charge in [-0.05, 0) is 19.3 Å². The minimum atomic E-state index is -0.763. The lowest BCUT2D eigenvalue weighted by Crippen LogP contribution is -2.56. The van der Waals surface area contributed by atoms with Gasteiger partial charge in [-0.1, -0.05) is 103 Å². The summed E-state index contributed by atoms with van der Waals surface area (Å²) < 4.78 is 4.96. The molecule has 0 unspecified atom stereocenters. The lowest BCUT2D eigenvalue weighted by Gasteiger charge is -2.35. The number of hydrogen-bond donors (Lipinski definition) is 1. The predicted octanol–water partition coefficient (Wildman–Crippen LogP) is 6.46. The normalized spacial score (nSPS) is 15.9. The summed E-state index contributed by atoms with van der Waals surface area (Å²) in [5.74, 6) is -0.263. The number of methoxy groups -OCH3 is 1. The Hall–Kier alpha value is -1.06. The van der Waals surface area contributed by atoms with E-state index in [0.717, 1.165) is 32.1 Å². The number of amides is 1. The van der Waals surface area contributed by atoms with Gasteiger partial charge in [0.05, 0.1) is 7.11 Å². The average molecular weight is 396 g/mol. The molecular weight excluding hydrogens is 350 g/mol. The summed E-state index contributed by atoms with van der Waals surface area (Å²) in [6, 6.07) is 0. The molecule has 0 heterocycles. The first-order valence-corrected chi connectivity index (χ1v) is 12.0. The van der Waals surface area contributed by atoms with E-state index in [1.54, 1.807) is 0 Å². The molecule has 0 aromatic heterocycles. The molecule has 4 nitrogen and oxygen atoms in total. The summed E-state index contributed by atoms with van der Waals surface area (Å²) in [4.78, 5) is 24.5. The Kier molecular flexibility index (Phi) is 14.1. The van der Waals surface area contributed by atoms with Crippen molar-refractivity contribution in [1.29, 1.82) is 0 Å². The first-order chi connectivity index (χ1) is 13.6. The van der Waals surface area contributed by atoms with Gasteiger partial charge in [0.25, 0.3) is 0 Å². The van der Waals surface area contributed by atoms with Crippen LogP contribution < -0.4 is 5.32 Å². The van der Waals surface area contributed by atoms with Crippen LogP contribution in [0, 0.1) is 0 Å².